The number of anilines is 2. The molecule has 0 atom stereocenters. The summed E-state index contributed by atoms with van der Waals surface area (Å²) in [4.78, 5) is 44.0. The van der Waals surface area contributed by atoms with E-state index in [-0.39, 0.29) is 29.2 Å². The summed E-state index contributed by atoms with van der Waals surface area (Å²) >= 11 is 1.51. The molecule has 8 heteroatoms. The van der Waals surface area contributed by atoms with Crippen LogP contribution >= 0.6 is 11.8 Å². The van der Waals surface area contributed by atoms with Crippen LogP contribution in [0.2, 0.25) is 0 Å². The van der Waals surface area contributed by atoms with Crippen molar-refractivity contribution in [2.24, 2.45) is 0 Å². The SMILES string of the molecule is CCCCn1c(N)c(N(C(=O)CSc2c(C)c(C)cc(C)c2C)C2CCCC2)c(=O)[nH]c1=O. The number of amides is 1. The van der Waals surface area contributed by atoms with Crippen molar-refractivity contribution in [2.75, 3.05) is 16.4 Å². The number of nitrogens with zero attached hydrogens (tertiary/aromatic N) is 2. The third-order valence-corrected chi connectivity index (χ3v) is 8.08. The lowest BCUT2D eigenvalue weighted by Gasteiger charge is -2.30. The van der Waals surface area contributed by atoms with E-state index in [1.807, 2.05) is 6.92 Å². The molecule has 0 spiro atoms. The molecule has 1 fully saturated rings. The Morgan fingerprint density at radius 2 is 1.76 bits per heavy atom. The van der Waals surface area contributed by atoms with E-state index in [0.717, 1.165) is 43.4 Å². The topological polar surface area (TPSA) is 101 Å². The molecule has 1 saturated carbocycles. The minimum atomic E-state index is -0.589. The Balaban J connectivity index is 1.99. The van der Waals surface area contributed by atoms with Crippen molar-refractivity contribution in [2.45, 2.75) is 90.6 Å². The van der Waals surface area contributed by atoms with E-state index in [9.17, 15) is 14.4 Å². The van der Waals surface area contributed by atoms with Gasteiger partial charge in [-0.25, -0.2) is 4.79 Å². The van der Waals surface area contributed by atoms with Gasteiger partial charge in [0.1, 0.15) is 5.82 Å². The van der Waals surface area contributed by atoms with Crippen LogP contribution in [0.5, 0.6) is 0 Å². The average molecular weight is 473 g/mol. The summed E-state index contributed by atoms with van der Waals surface area (Å²) in [6.45, 7) is 10.8. The number of rotatable bonds is 8. The molecule has 1 heterocycles. The lowest BCUT2D eigenvalue weighted by Crippen LogP contribution is -2.46. The lowest BCUT2D eigenvalue weighted by molar-refractivity contribution is -0.116. The number of carbonyl (C=O) groups excluding carboxylic acids is 1. The van der Waals surface area contributed by atoms with Gasteiger partial charge in [0.2, 0.25) is 5.91 Å². The van der Waals surface area contributed by atoms with Crippen LogP contribution in [0, 0.1) is 27.7 Å². The summed E-state index contributed by atoms with van der Waals surface area (Å²) in [5.41, 5.74) is 10.1. The van der Waals surface area contributed by atoms with Gasteiger partial charge in [-0.3, -0.25) is 19.1 Å². The van der Waals surface area contributed by atoms with Gasteiger partial charge in [-0.1, -0.05) is 32.3 Å². The second-order valence-electron chi connectivity index (χ2n) is 9.08. The van der Waals surface area contributed by atoms with Crippen LogP contribution in [0.15, 0.2) is 20.6 Å². The summed E-state index contributed by atoms with van der Waals surface area (Å²) in [5, 5.41) is 0. The molecule has 1 aromatic carbocycles. The van der Waals surface area contributed by atoms with Crippen molar-refractivity contribution < 1.29 is 4.79 Å². The van der Waals surface area contributed by atoms with Gasteiger partial charge in [-0.15, -0.1) is 11.8 Å². The van der Waals surface area contributed by atoms with Crippen LogP contribution in [-0.4, -0.2) is 27.3 Å². The first-order valence-electron chi connectivity index (χ1n) is 11.8. The molecule has 1 aromatic heterocycles. The Morgan fingerprint density at radius 3 is 2.33 bits per heavy atom. The highest BCUT2D eigenvalue weighted by atomic mass is 32.2. The van der Waals surface area contributed by atoms with E-state index in [2.05, 4.69) is 38.7 Å². The Hall–Kier alpha value is -2.48. The van der Waals surface area contributed by atoms with E-state index < -0.39 is 11.2 Å². The first-order chi connectivity index (χ1) is 15.7. The van der Waals surface area contributed by atoms with Crippen LogP contribution in [0.4, 0.5) is 11.5 Å². The fourth-order valence-electron chi connectivity index (χ4n) is 4.62. The third-order valence-electron chi connectivity index (χ3n) is 6.79. The Bertz CT molecular complexity index is 1120. The number of benzene rings is 1. The van der Waals surface area contributed by atoms with Crippen LogP contribution in [0.3, 0.4) is 0 Å². The zero-order valence-corrected chi connectivity index (χ0v) is 21.2. The van der Waals surface area contributed by atoms with Crippen LogP contribution in [0.1, 0.15) is 67.7 Å². The van der Waals surface area contributed by atoms with Gasteiger partial charge in [0.05, 0.1) is 5.75 Å². The number of thioether (sulfide) groups is 1. The van der Waals surface area contributed by atoms with Gasteiger partial charge in [-0.05, 0) is 69.2 Å². The minimum Gasteiger partial charge on any atom is -0.383 e. The number of hydrogen-bond donors (Lipinski definition) is 2. The highest BCUT2D eigenvalue weighted by Gasteiger charge is 2.32. The first-order valence-corrected chi connectivity index (χ1v) is 12.8. The molecule has 1 aliphatic rings. The number of nitrogen functional groups attached to an aromatic ring is 1. The van der Waals surface area contributed by atoms with Crippen LogP contribution < -0.4 is 21.9 Å². The van der Waals surface area contributed by atoms with E-state index >= 15 is 0 Å². The van der Waals surface area contributed by atoms with Crippen molar-refractivity contribution in [1.82, 2.24) is 9.55 Å². The quantitative estimate of drug-likeness (QED) is 0.560. The van der Waals surface area contributed by atoms with Gasteiger partial charge in [0.15, 0.2) is 5.69 Å². The number of carbonyl (C=O) groups is 1. The molecular weight excluding hydrogens is 436 g/mol. The monoisotopic (exact) mass is 472 g/mol. The molecular formula is C25H36N4O3S. The number of aryl methyl sites for hydroxylation is 2. The largest absolute Gasteiger partial charge is 0.383 e. The predicted molar refractivity (Wildman–Crippen MR) is 136 cm³/mol. The smallest absolute Gasteiger partial charge is 0.330 e. The maximum absolute atomic E-state index is 13.6. The van der Waals surface area contributed by atoms with Crippen LogP contribution in [-0.2, 0) is 11.3 Å². The van der Waals surface area contributed by atoms with Crippen molar-refractivity contribution in [3.63, 3.8) is 0 Å². The van der Waals surface area contributed by atoms with Crippen molar-refractivity contribution in [1.29, 1.82) is 0 Å². The minimum absolute atomic E-state index is 0.0833. The first kappa shape index (κ1) is 25.1. The van der Waals surface area contributed by atoms with Gasteiger partial charge >= 0.3 is 5.69 Å². The number of aromatic nitrogens is 2. The zero-order valence-electron chi connectivity index (χ0n) is 20.4. The summed E-state index contributed by atoms with van der Waals surface area (Å²) in [7, 11) is 0. The van der Waals surface area contributed by atoms with E-state index in [1.165, 1.54) is 38.6 Å². The molecule has 3 rings (SSSR count). The molecule has 0 aliphatic heterocycles. The summed E-state index contributed by atoms with van der Waals surface area (Å²) in [6, 6.07) is 2.08. The standard InChI is InChI=1S/C25H36N4O3S/c1-6-7-12-28-23(26)21(24(31)27-25(28)32)29(19-10-8-9-11-19)20(30)14-33-22-17(4)15(2)13-16(3)18(22)5/h13,19H,6-12,14,26H2,1-5H3,(H,27,31,32). The molecule has 1 amide bonds. The molecule has 3 N–H and O–H groups in total. The second-order valence-corrected chi connectivity index (χ2v) is 10.1. The van der Waals surface area contributed by atoms with E-state index in [1.54, 1.807) is 4.90 Å². The third kappa shape index (κ3) is 5.21. The highest BCUT2D eigenvalue weighted by molar-refractivity contribution is 8.00. The van der Waals surface area contributed by atoms with Crippen molar-refractivity contribution >= 4 is 29.2 Å². The molecule has 1 aliphatic carbocycles. The molecule has 0 radical (unpaired) electrons. The number of aromatic amines is 1. The number of nitrogens with two attached hydrogens (primary N) is 1. The van der Waals surface area contributed by atoms with Gasteiger partial charge < -0.3 is 10.6 Å². The number of H-pyrrole nitrogens is 1. The molecule has 0 bridgehead atoms. The lowest BCUT2D eigenvalue weighted by atomic mass is 10.0. The Kier molecular flexibility index (Phi) is 8.10. The van der Waals surface area contributed by atoms with Crippen LogP contribution in [0.25, 0.3) is 0 Å². The number of unbranched alkanes of at least 4 members (excludes halogenated alkanes) is 1. The van der Waals surface area contributed by atoms with Crippen molar-refractivity contribution in [3.05, 3.63) is 49.2 Å². The van der Waals surface area contributed by atoms with E-state index in [0.29, 0.717) is 6.54 Å². The molecule has 0 saturated heterocycles. The molecule has 0 unspecified atom stereocenters. The fourth-order valence-corrected chi connectivity index (χ4v) is 5.78. The van der Waals surface area contributed by atoms with Crippen molar-refractivity contribution in [3.8, 4) is 0 Å². The van der Waals surface area contributed by atoms with E-state index in [4.69, 9.17) is 5.73 Å². The fraction of sp³-hybridized carbons (Fsp3) is 0.560. The maximum Gasteiger partial charge on any atom is 0.330 e. The van der Waals surface area contributed by atoms with Gasteiger partial charge in [-0.2, -0.15) is 0 Å². The Labute approximate surface area is 199 Å². The molecule has 7 nitrogen and oxygen atoms in total. The molecule has 180 valence electrons. The summed E-state index contributed by atoms with van der Waals surface area (Å²) in [6.07, 6.45) is 5.30. The van der Waals surface area contributed by atoms with Gasteiger partial charge in [0.25, 0.3) is 5.56 Å². The second kappa shape index (κ2) is 10.6. The Morgan fingerprint density at radius 1 is 1.15 bits per heavy atom. The molecule has 33 heavy (non-hydrogen) atoms. The maximum atomic E-state index is 13.6. The molecule has 2 aromatic rings. The number of nitrogens with one attached hydrogen (secondary N) is 1. The zero-order chi connectivity index (χ0) is 24.3. The highest BCUT2D eigenvalue weighted by Crippen LogP contribution is 2.34. The van der Waals surface area contributed by atoms with Gasteiger partial charge in [0, 0.05) is 17.5 Å². The summed E-state index contributed by atoms with van der Waals surface area (Å²) < 4.78 is 1.39. The predicted octanol–water partition coefficient (Wildman–Crippen LogP) is 4.22. The number of hydrogen-bond acceptors (Lipinski definition) is 5. The average Bonchev–Trinajstić information content (AvgIpc) is 3.29. The normalized spacial score (nSPS) is 14.1. The summed E-state index contributed by atoms with van der Waals surface area (Å²) in [5.74, 6) is 0.137.